The third-order valence-electron chi connectivity index (χ3n) is 3.98. The van der Waals surface area contributed by atoms with Gasteiger partial charge in [0.15, 0.2) is 0 Å². The standard InChI is InChI=1S/C18H26N2O/c1-4-20(5-2)14-17-9-7-6-8-16(17)12-19-13-18-15(3)10-11-21-18/h6-11,19H,4-5,12-14H2,1-3H3. The smallest absolute Gasteiger partial charge is 0.120 e. The Morgan fingerprint density at radius 3 is 2.33 bits per heavy atom. The second-order valence-corrected chi connectivity index (χ2v) is 5.36. The molecule has 0 aliphatic heterocycles. The molecule has 0 aliphatic rings. The highest BCUT2D eigenvalue weighted by atomic mass is 16.3. The fourth-order valence-corrected chi connectivity index (χ4v) is 2.47. The van der Waals surface area contributed by atoms with Crippen molar-refractivity contribution in [2.75, 3.05) is 13.1 Å². The molecule has 0 amide bonds. The van der Waals surface area contributed by atoms with Gasteiger partial charge in [-0.25, -0.2) is 0 Å². The van der Waals surface area contributed by atoms with Gasteiger partial charge in [-0.05, 0) is 42.8 Å². The molecule has 3 nitrogen and oxygen atoms in total. The molecule has 1 N–H and O–H groups in total. The minimum absolute atomic E-state index is 0.776. The van der Waals surface area contributed by atoms with Crippen LogP contribution in [0.4, 0.5) is 0 Å². The molecule has 2 aromatic rings. The van der Waals surface area contributed by atoms with E-state index in [1.54, 1.807) is 6.26 Å². The quantitative estimate of drug-likeness (QED) is 0.801. The van der Waals surface area contributed by atoms with Gasteiger partial charge in [-0.2, -0.15) is 0 Å². The summed E-state index contributed by atoms with van der Waals surface area (Å²) in [5.41, 5.74) is 3.98. The summed E-state index contributed by atoms with van der Waals surface area (Å²) in [6, 6.07) is 10.7. The molecular formula is C18H26N2O. The van der Waals surface area contributed by atoms with Crippen LogP contribution in [-0.2, 0) is 19.6 Å². The molecule has 1 heterocycles. The topological polar surface area (TPSA) is 28.4 Å². The number of benzene rings is 1. The summed E-state index contributed by atoms with van der Waals surface area (Å²) in [6.07, 6.45) is 1.75. The van der Waals surface area contributed by atoms with Crippen molar-refractivity contribution in [1.82, 2.24) is 10.2 Å². The molecule has 3 heteroatoms. The third-order valence-corrected chi connectivity index (χ3v) is 3.98. The first-order valence-electron chi connectivity index (χ1n) is 7.77. The molecule has 0 bridgehead atoms. The largest absolute Gasteiger partial charge is 0.468 e. The normalized spacial score (nSPS) is 11.2. The van der Waals surface area contributed by atoms with Gasteiger partial charge in [-0.15, -0.1) is 0 Å². The van der Waals surface area contributed by atoms with Gasteiger partial charge in [-0.3, -0.25) is 4.90 Å². The van der Waals surface area contributed by atoms with Crippen LogP contribution in [0.2, 0.25) is 0 Å². The molecule has 0 unspecified atom stereocenters. The summed E-state index contributed by atoms with van der Waals surface area (Å²) >= 11 is 0. The van der Waals surface area contributed by atoms with Gasteiger partial charge >= 0.3 is 0 Å². The number of hydrogen-bond acceptors (Lipinski definition) is 3. The van der Waals surface area contributed by atoms with Gasteiger partial charge < -0.3 is 9.73 Å². The van der Waals surface area contributed by atoms with Crippen molar-refractivity contribution in [3.05, 3.63) is 59.0 Å². The Balaban J connectivity index is 1.95. The Bertz CT molecular complexity index is 544. The Morgan fingerprint density at radius 1 is 1.00 bits per heavy atom. The van der Waals surface area contributed by atoms with Crippen molar-refractivity contribution in [3.63, 3.8) is 0 Å². The zero-order valence-electron chi connectivity index (χ0n) is 13.4. The highest BCUT2D eigenvalue weighted by Crippen LogP contribution is 2.13. The number of rotatable bonds is 8. The van der Waals surface area contributed by atoms with E-state index in [2.05, 4.69) is 55.3 Å². The molecule has 0 saturated heterocycles. The molecule has 0 fully saturated rings. The molecule has 21 heavy (non-hydrogen) atoms. The van der Waals surface area contributed by atoms with E-state index >= 15 is 0 Å². The van der Waals surface area contributed by atoms with E-state index in [1.807, 2.05) is 6.07 Å². The number of furan rings is 1. The van der Waals surface area contributed by atoms with Crippen molar-refractivity contribution in [2.45, 2.75) is 40.4 Å². The summed E-state index contributed by atoms with van der Waals surface area (Å²) in [5, 5.41) is 3.48. The van der Waals surface area contributed by atoms with E-state index in [0.29, 0.717) is 0 Å². The Labute approximate surface area is 128 Å². The number of aryl methyl sites for hydroxylation is 1. The zero-order valence-corrected chi connectivity index (χ0v) is 13.4. The molecule has 0 atom stereocenters. The molecule has 114 valence electrons. The second kappa shape index (κ2) is 8.01. The summed E-state index contributed by atoms with van der Waals surface area (Å²) in [4.78, 5) is 2.44. The third kappa shape index (κ3) is 4.45. The minimum Gasteiger partial charge on any atom is -0.468 e. The maximum atomic E-state index is 5.46. The highest BCUT2D eigenvalue weighted by Gasteiger charge is 2.07. The molecule has 1 aromatic heterocycles. The summed E-state index contributed by atoms with van der Waals surface area (Å²) in [5.74, 6) is 1.02. The van der Waals surface area contributed by atoms with E-state index < -0.39 is 0 Å². The predicted molar refractivity (Wildman–Crippen MR) is 87.1 cm³/mol. The van der Waals surface area contributed by atoms with Crippen LogP contribution in [0.25, 0.3) is 0 Å². The van der Waals surface area contributed by atoms with Crippen LogP contribution in [0.3, 0.4) is 0 Å². The van der Waals surface area contributed by atoms with Crippen LogP contribution in [0.1, 0.15) is 36.3 Å². The predicted octanol–water partition coefficient (Wildman–Crippen LogP) is 3.72. The number of hydrogen-bond donors (Lipinski definition) is 1. The highest BCUT2D eigenvalue weighted by molar-refractivity contribution is 5.27. The maximum absolute atomic E-state index is 5.46. The van der Waals surface area contributed by atoms with E-state index in [9.17, 15) is 0 Å². The lowest BCUT2D eigenvalue weighted by atomic mass is 10.1. The van der Waals surface area contributed by atoms with Gasteiger partial charge in [-0.1, -0.05) is 38.1 Å². The van der Waals surface area contributed by atoms with E-state index in [-0.39, 0.29) is 0 Å². The van der Waals surface area contributed by atoms with Gasteiger partial charge in [0, 0.05) is 13.1 Å². The molecule has 0 aliphatic carbocycles. The second-order valence-electron chi connectivity index (χ2n) is 5.36. The van der Waals surface area contributed by atoms with Crippen molar-refractivity contribution < 1.29 is 4.42 Å². The fourth-order valence-electron chi connectivity index (χ4n) is 2.47. The first kappa shape index (κ1) is 15.8. The average Bonchev–Trinajstić information content (AvgIpc) is 2.91. The van der Waals surface area contributed by atoms with Crippen molar-refractivity contribution >= 4 is 0 Å². The van der Waals surface area contributed by atoms with Gasteiger partial charge in [0.2, 0.25) is 0 Å². The first-order chi connectivity index (χ1) is 10.2. The molecule has 0 radical (unpaired) electrons. The van der Waals surface area contributed by atoms with Gasteiger partial charge in [0.05, 0.1) is 12.8 Å². The molecular weight excluding hydrogens is 260 g/mol. The minimum atomic E-state index is 0.776. The van der Waals surface area contributed by atoms with Gasteiger partial charge in [0.1, 0.15) is 5.76 Å². The Hall–Kier alpha value is -1.58. The van der Waals surface area contributed by atoms with Crippen LogP contribution in [0.5, 0.6) is 0 Å². The fraction of sp³-hybridized carbons (Fsp3) is 0.444. The average molecular weight is 286 g/mol. The molecule has 0 saturated carbocycles. The van der Waals surface area contributed by atoms with Crippen LogP contribution in [-0.4, -0.2) is 18.0 Å². The van der Waals surface area contributed by atoms with Crippen molar-refractivity contribution in [3.8, 4) is 0 Å². The SMILES string of the molecule is CCN(CC)Cc1ccccc1CNCc1occc1C. The molecule has 1 aromatic carbocycles. The lowest BCUT2D eigenvalue weighted by molar-refractivity contribution is 0.294. The summed E-state index contributed by atoms with van der Waals surface area (Å²) in [6.45, 7) is 11.3. The summed E-state index contributed by atoms with van der Waals surface area (Å²) in [7, 11) is 0. The Kier molecular flexibility index (Phi) is 6.03. The number of nitrogens with zero attached hydrogens (tertiary/aromatic N) is 1. The molecule has 0 spiro atoms. The van der Waals surface area contributed by atoms with E-state index in [1.165, 1.54) is 16.7 Å². The van der Waals surface area contributed by atoms with Crippen LogP contribution in [0.15, 0.2) is 41.0 Å². The van der Waals surface area contributed by atoms with Crippen molar-refractivity contribution in [1.29, 1.82) is 0 Å². The van der Waals surface area contributed by atoms with Crippen molar-refractivity contribution in [2.24, 2.45) is 0 Å². The van der Waals surface area contributed by atoms with Crippen LogP contribution < -0.4 is 5.32 Å². The lowest BCUT2D eigenvalue weighted by Gasteiger charge is -2.20. The lowest BCUT2D eigenvalue weighted by Crippen LogP contribution is -2.23. The Morgan fingerprint density at radius 2 is 1.71 bits per heavy atom. The maximum Gasteiger partial charge on any atom is 0.120 e. The monoisotopic (exact) mass is 286 g/mol. The first-order valence-corrected chi connectivity index (χ1v) is 7.77. The van der Waals surface area contributed by atoms with E-state index in [0.717, 1.165) is 38.5 Å². The summed E-state index contributed by atoms with van der Waals surface area (Å²) < 4.78 is 5.46. The van der Waals surface area contributed by atoms with E-state index in [4.69, 9.17) is 4.42 Å². The van der Waals surface area contributed by atoms with Crippen LogP contribution in [0, 0.1) is 6.92 Å². The zero-order chi connectivity index (χ0) is 15.1. The molecule has 2 rings (SSSR count). The van der Waals surface area contributed by atoms with Gasteiger partial charge in [0.25, 0.3) is 0 Å². The number of nitrogens with one attached hydrogen (secondary N) is 1. The van der Waals surface area contributed by atoms with Crippen LogP contribution >= 0.6 is 0 Å².